The van der Waals surface area contributed by atoms with E-state index in [-0.39, 0.29) is 0 Å². The first-order valence-electron chi connectivity index (χ1n) is 6.11. The summed E-state index contributed by atoms with van der Waals surface area (Å²) in [6.07, 6.45) is 1.08. The molecule has 2 aromatic rings. The highest BCUT2D eigenvalue weighted by atomic mass is 15.2. The van der Waals surface area contributed by atoms with Crippen LogP contribution in [0.1, 0.15) is 12.1 Å². The van der Waals surface area contributed by atoms with Gasteiger partial charge in [-0.15, -0.1) is 0 Å². The molecule has 0 amide bonds. The SMILES string of the molecule is Cc1cc(N2CC[C@H](N)C2)c2ccccc2n1. The summed E-state index contributed by atoms with van der Waals surface area (Å²) in [7, 11) is 0. The fourth-order valence-corrected chi connectivity index (χ4v) is 2.55. The number of aryl methyl sites for hydroxylation is 1. The molecule has 17 heavy (non-hydrogen) atoms. The van der Waals surface area contributed by atoms with Crippen LogP contribution in [0.2, 0.25) is 0 Å². The lowest BCUT2D eigenvalue weighted by atomic mass is 10.1. The van der Waals surface area contributed by atoms with Crippen molar-refractivity contribution in [3.63, 3.8) is 0 Å². The van der Waals surface area contributed by atoms with Gasteiger partial charge in [0.2, 0.25) is 0 Å². The Bertz CT molecular complexity index is 550. The van der Waals surface area contributed by atoms with E-state index in [0.717, 1.165) is 30.7 Å². The van der Waals surface area contributed by atoms with Gasteiger partial charge in [-0.3, -0.25) is 4.98 Å². The Hall–Kier alpha value is -1.61. The molecule has 1 fully saturated rings. The summed E-state index contributed by atoms with van der Waals surface area (Å²) in [4.78, 5) is 6.95. The average molecular weight is 227 g/mol. The second kappa shape index (κ2) is 4.00. The first-order valence-corrected chi connectivity index (χ1v) is 6.11. The van der Waals surface area contributed by atoms with Crippen molar-refractivity contribution in [2.24, 2.45) is 5.73 Å². The molecule has 1 aromatic carbocycles. The summed E-state index contributed by atoms with van der Waals surface area (Å²) in [5.74, 6) is 0. The monoisotopic (exact) mass is 227 g/mol. The van der Waals surface area contributed by atoms with Crippen LogP contribution in [-0.4, -0.2) is 24.1 Å². The fourth-order valence-electron chi connectivity index (χ4n) is 2.55. The van der Waals surface area contributed by atoms with Gasteiger partial charge in [-0.05, 0) is 25.5 Å². The number of para-hydroxylation sites is 1. The van der Waals surface area contributed by atoms with E-state index in [0.29, 0.717) is 6.04 Å². The number of nitrogens with two attached hydrogens (primary N) is 1. The van der Waals surface area contributed by atoms with Gasteiger partial charge >= 0.3 is 0 Å². The van der Waals surface area contributed by atoms with Gasteiger partial charge in [-0.1, -0.05) is 18.2 Å². The minimum Gasteiger partial charge on any atom is -0.369 e. The summed E-state index contributed by atoms with van der Waals surface area (Å²) in [6.45, 7) is 4.05. The van der Waals surface area contributed by atoms with Crippen molar-refractivity contribution in [1.82, 2.24) is 4.98 Å². The third-order valence-electron chi connectivity index (χ3n) is 3.39. The molecule has 0 saturated carbocycles. The minimum atomic E-state index is 0.308. The first-order chi connectivity index (χ1) is 8.24. The Morgan fingerprint density at radius 1 is 1.35 bits per heavy atom. The van der Waals surface area contributed by atoms with E-state index in [1.165, 1.54) is 11.1 Å². The van der Waals surface area contributed by atoms with Gasteiger partial charge < -0.3 is 10.6 Å². The summed E-state index contributed by atoms with van der Waals surface area (Å²) in [5.41, 5.74) is 9.41. The fraction of sp³-hybridized carbons (Fsp3) is 0.357. The standard InChI is InChI=1S/C14H17N3/c1-10-8-14(17-7-6-11(15)9-17)12-4-2-3-5-13(12)16-10/h2-5,8,11H,6-7,9,15H2,1H3/t11-/m0/s1. The van der Waals surface area contributed by atoms with Crippen LogP contribution in [0.4, 0.5) is 5.69 Å². The van der Waals surface area contributed by atoms with Gasteiger partial charge in [-0.2, -0.15) is 0 Å². The molecule has 1 aliphatic rings. The highest BCUT2D eigenvalue weighted by molar-refractivity contribution is 5.92. The normalized spacial score (nSPS) is 20.1. The largest absolute Gasteiger partial charge is 0.369 e. The molecule has 3 rings (SSSR count). The number of anilines is 1. The number of aromatic nitrogens is 1. The number of nitrogens with zero attached hydrogens (tertiary/aromatic N) is 2. The maximum atomic E-state index is 5.99. The van der Waals surface area contributed by atoms with Gasteiger partial charge in [-0.25, -0.2) is 0 Å². The Morgan fingerprint density at radius 3 is 2.94 bits per heavy atom. The van der Waals surface area contributed by atoms with Crippen LogP contribution in [0.5, 0.6) is 0 Å². The van der Waals surface area contributed by atoms with Crippen LogP contribution in [0.15, 0.2) is 30.3 Å². The van der Waals surface area contributed by atoms with Crippen LogP contribution in [-0.2, 0) is 0 Å². The molecule has 0 radical (unpaired) electrons. The molecule has 1 atom stereocenters. The van der Waals surface area contributed by atoms with E-state index in [1.54, 1.807) is 0 Å². The molecule has 1 aromatic heterocycles. The van der Waals surface area contributed by atoms with Gasteiger partial charge in [0, 0.05) is 35.9 Å². The quantitative estimate of drug-likeness (QED) is 0.811. The summed E-state index contributed by atoms with van der Waals surface area (Å²) in [6, 6.07) is 10.8. The highest BCUT2D eigenvalue weighted by Crippen LogP contribution is 2.28. The molecule has 88 valence electrons. The van der Waals surface area contributed by atoms with Crippen LogP contribution in [0.3, 0.4) is 0 Å². The minimum absolute atomic E-state index is 0.308. The van der Waals surface area contributed by atoms with E-state index in [4.69, 9.17) is 5.73 Å². The van der Waals surface area contributed by atoms with Crippen molar-refractivity contribution in [3.8, 4) is 0 Å². The van der Waals surface area contributed by atoms with Crippen LogP contribution >= 0.6 is 0 Å². The van der Waals surface area contributed by atoms with Gasteiger partial charge in [0.15, 0.2) is 0 Å². The predicted octanol–water partition coefficient (Wildman–Crippen LogP) is 2.08. The summed E-state index contributed by atoms with van der Waals surface area (Å²) in [5, 5.41) is 1.23. The molecule has 3 nitrogen and oxygen atoms in total. The summed E-state index contributed by atoms with van der Waals surface area (Å²) < 4.78 is 0. The third-order valence-corrected chi connectivity index (χ3v) is 3.39. The van der Waals surface area contributed by atoms with E-state index in [1.807, 2.05) is 13.0 Å². The number of rotatable bonds is 1. The lowest BCUT2D eigenvalue weighted by Crippen LogP contribution is -2.26. The lowest BCUT2D eigenvalue weighted by molar-refractivity contribution is 0.752. The van der Waals surface area contributed by atoms with Crippen molar-refractivity contribution >= 4 is 16.6 Å². The average Bonchev–Trinajstić information content (AvgIpc) is 2.74. The Labute approximate surface area is 101 Å². The molecule has 1 saturated heterocycles. The highest BCUT2D eigenvalue weighted by Gasteiger charge is 2.21. The second-order valence-electron chi connectivity index (χ2n) is 4.79. The molecule has 0 spiro atoms. The van der Waals surface area contributed by atoms with Gasteiger partial charge in [0.1, 0.15) is 0 Å². The molecule has 2 heterocycles. The number of hydrogen-bond donors (Lipinski definition) is 1. The predicted molar refractivity (Wildman–Crippen MR) is 71.3 cm³/mol. The van der Waals surface area contributed by atoms with Crippen molar-refractivity contribution in [1.29, 1.82) is 0 Å². The van der Waals surface area contributed by atoms with Crippen molar-refractivity contribution in [2.75, 3.05) is 18.0 Å². The maximum absolute atomic E-state index is 5.99. The van der Waals surface area contributed by atoms with Gasteiger partial charge in [0.05, 0.1) is 5.52 Å². The van der Waals surface area contributed by atoms with E-state index < -0.39 is 0 Å². The molecule has 3 heteroatoms. The molecular formula is C14H17N3. The summed E-state index contributed by atoms with van der Waals surface area (Å²) >= 11 is 0. The zero-order chi connectivity index (χ0) is 11.8. The lowest BCUT2D eigenvalue weighted by Gasteiger charge is -2.20. The van der Waals surface area contributed by atoms with Crippen molar-refractivity contribution < 1.29 is 0 Å². The smallest absolute Gasteiger partial charge is 0.0726 e. The zero-order valence-corrected chi connectivity index (χ0v) is 10.1. The maximum Gasteiger partial charge on any atom is 0.0726 e. The number of hydrogen-bond acceptors (Lipinski definition) is 3. The molecule has 1 aliphatic heterocycles. The Kier molecular flexibility index (Phi) is 2.48. The Balaban J connectivity index is 2.14. The first kappa shape index (κ1) is 10.5. The topological polar surface area (TPSA) is 42.1 Å². The number of pyridine rings is 1. The molecule has 0 bridgehead atoms. The molecular weight excluding hydrogens is 210 g/mol. The van der Waals surface area contributed by atoms with E-state index in [9.17, 15) is 0 Å². The van der Waals surface area contributed by atoms with Crippen molar-refractivity contribution in [3.05, 3.63) is 36.0 Å². The van der Waals surface area contributed by atoms with Gasteiger partial charge in [0.25, 0.3) is 0 Å². The van der Waals surface area contributed by atoms with E-state index >= 15 is 0 Å². The third kappa shape index (κ3) is 1.87. The second-order valence-corrected chi connectivity index (χ2v) is 4.79. The number of benzene rings is 1. The van der Waals surface area contributed by atoms with Crippen molar-refractivity contribution in [2.45, 2.75) is 19.4 Å². The molecule has 0 unspecified atom stereocenters. The van der Waals surface area contributed by atoms with Crippen LogP contribution in [0, 0.1) is 6.92 Å². The number of fused-ring (bicyclic) bond motifs is 1. The molecule has 0 aliphatic carbocycles. The van der Waals surface area contributed by atoms with E-state index in [2.05, 4.69) is 34.1 Å². The molecule has 2 N–H and O–H groups in total. The van der Waals surface area contributed by atoms with Crippen LogP contribution < -0.4 is 10.6 Å². The Morgan fingerprint density at radius 2 is 2.18 bits per heavy atom. The van der Waals surface area contributed by atoms with Crippen LogP contribution in [0.25, 0.3) is 10.9 Å². The zero-order valence-electron chi connectivity index (χ0n) is 10.1.